The lowest BCUT2D eigenvalue weighted by Crippen LogP contribution is -2.15. The topological polar surface area (TPSA) is 97.7 Å². The van der Waals surface area contributed by atoms with Gasteiger partial charge in [-0.1, -0.05) is 25.1 Å². The molecule has 0 aliphatic rings. The van der Waals surface area contributed by atoms with E-state index in [9.17, 15) is 14.9 Å². The maximum Gasteiger partial charge on any atom is 0.344 e. The van der Waals surface area contributed by atoms with Crippen molar-refractivity contribution in [3.8, 4) is 17.6 Å². The Labute approximate surface area is 175 Å². The van der Waals surface area contributed by atoms with E-state index in [4.69, 9.17) is 14.2 Å². The van der Waals surface area contributed by atoms with Crippen LogP contribution in [0, 0.1) is 11.3 Å². The molecule has 2 aromatic carbocycles. The minimum Gasteiger partial charge on any atom is -0.493 e. The number of rotatable bonds is 9. The molecule has 0 bridgehead atoms. The van der Waals surface area contributed by atoms with Gasteiger partial charge in [0.15, 0.2) is 18.1 Å². The number of anilines is 1. The molecule has 0 aliphatic heterocycles. The summed E-state index contributed by atoms with van der Waals surface area (Å²) >= 11 is 0. The van der Waals surface area contributed by atoms with Crippen LogP contribution in [0.15, 0.2) is 48.0 Å². The first-order valence-electron chi connectivity index (χ1n) is 9.49. The monoisotopic (exact) mass is 408 g/mol. The fourth-order valence-electron chi connectivity index (χ4n) is 2.57. The summed E-state index contributed by atoms with van der Waals surface area (Å²) in [6.07, 6.45) is 2.35. The molecule has 1 amide bonds. The standard InChI is InChI=1S/C23H24N2O5/c1-4-16-6-9-19(10-7-16)25-23(27)18(14-24)12-17-8-11-20(21(13-17)28-3)30-15-22(26)29-5-2/h6-13H,4-5,15H2,1-3H3,(H,25,27)/b18-12+. The maximum atomic E-state index is 12.5. The minimum absolute atomic E-state index is 0.0585. The number of ether oxygens (including phenoxy) is 3. The third-order valence-corrected chi connectivity index (χ3v) is 4.13. The van der Waals surface area contributed by atoms with Crippen LogP contribution in [0.25, 0.3) is 6.08 Å². The van der Waals surface area contributed by atoms with Gasteiger partial charge in [-0.2, -0.15) is 5.26 Å². The quantitative estimate of drug-likeness (QED) is 0.386. The molecule has 0 fully saturated rings. The highest BCUT2D eigenvalue weighted by Gasteiger charge is 2.12. The highest BCUT2D eigenvalue weighted by molar-refractivity contribution is 6.09. The number of nitrogens with one attached hydrogen (secondary N) is 1. The second-order valence-electron chi connectivity index (χ2n) is 6.18. The van der Waals surface area contributed by atoms with Crippen molar-refractivity contribution >= 4 is 23.6 Å². The van der Waals surface area contributed by atoms with E-state index in [-0.39, 0.29) is 18.8 Å². The summed E-state index contributed by atoms with van der Waals surface area (Å²) in [5, 5.41) is 12.1. The molecule has 0 radical (unpaired) electrons. The Morgan fingerprint density at radius 2 is 1.83 bits per heavy atom. The van der Waals surface area contributed by atoms with Gasteiger partial charge in [-0.05, 0) is 54.8 Å². The number of carbonyl (C=O) groups is 2. The van der Waals surface area contributed by atoms with Crippen molar-refractivity contribution in [2.24, 2.45) is 0 Å². The molecular weight excluding hydrogens is 384 g/mol. The van der Waals surface area contributed by atoms with Crippen molar-refractivity contribution in [1.29, 1.82) is 5.26 Å². The van der Waals surface area contributed by atoms with E-state index in [0.29, 0.717) is 22.7 Å². The third-order valence-electron chi connectivity index (χ3n) is 4.13. The summed E-state index contributed by atoms with van der Waals surface area (Å²) < 4.78 is 15.5. The Morgan fingerprint density at radius 3 is 2.43 bits per heavy atom. The third kappa shape index (κ3) is 6.38. The largest absolute Gasteiger partial charge is 0.493 e. The second kappa shape index (κ2) is 11.3. The normalized spacial score (nSPS) is 10.7. The molecule has 1 N–H and O–H groups in total. The molecule has 0 heterocycles. The molecule has 0 aromatic heterocycles. The van der Waals surface area contributed by atoms with E-state index >= 15 is 0 Å². The highest BCUT2D eigenvalue weighted by Crippen LogP contribution is 2.29. The van der Waals surface area contributed by atoms with E-state index in [0.717, 1.165) is 12.0 Å². The Morgan fingerprint density at radius 1 is 1.10 bits per heavy atom. The number of esters is 1. The van der Waals surface area contributed by atoms with Gasteiger partial charge >= 0.3 is 5.97 Å². The van der Waals surface area contributed by atoms with Crippen LogP contribution < -0.4 is 14.8 Å². The van der Waals surface area contributed by atoms with Crippen molar-refractivity contribution in [2.75, 3.05) is 25.6 Å². The zero-order valence-electron chi connectivity index (χ0n) is 17.2. The summed E-state index contributed by atoms with van der Waals surface area (Å²) in [6.45, 7) is 3.78. The molecule has 156 valence electrons. The maximum absolute atomic E-state index is 12.5. The molecule has 7 heteroatoms. The summed E-state index contributed by atoms with van der Waals surface area (Å²) in [4.78, 5) is 23.9. The van der Waals surface area contributed by atoms with Gasteiger partial charge in [0, 0.05) is 5.69 Å². The number of amides is 1. The Balaban J connectivity index is 2.14. The van der Waals surface area contributed by atoms with Gasteiger partial charge in [-0.15, -0.1) is 0 Å². The molecule has 30 heavy (non-hydrogen) atoms. The van der Waals surface area contributed by atoms with Gasteiger partial charge < -0.3 is 19.5 Å². The summed E-state index contributed by atoms with van der Waals surface area (Å²) in [6, 6.07) is 14.2. The first-order chi connectivity index (χ1) is 14.5. The molecule has 2 rings (SSSR count). The molecule has 2 aromatic rings. The molecular formula is C23H24N2O5. The Kier molecular flexibility index (Phi) is 8.45. The molecule has 0 unspecified atom stereocenters. The number of methoxy groups -OCH3 is 1. The first-order valence-corrected chi connectivity index (χ1v) is 9.49. The summed E-state index contributed by atoms with van der Waals surface area (Å²) in [7, 11) is 1.46. The van der Waals surface area contributed by atoms with Crippen molar-refractivity contribution in [3.05, 3.63) is 59.2 Å². The number of aryl methyl sites for hydroxylation is 1. The van der Waals surface area contributed by atoms with Crippen LogP contribution in [0.5, 0.6) is 11.5 Å². The van der Waals surface area contributed by atoms with Gasteiger partial charge in [0.2, 0.25) is 0 Å². The van der Waals surface area contributed by atoms with Gasteiger partial charge in [0.25, 0.3) is 5.91 Å². The average Bonchev–Trinajstić information content (AvgIpc) is 2.76. The van der Waals surface area contributed by atoms with E-state index in [1.165, 1.54) is 13.2 Å². The van der Waals surface area contributed by atoms with Crippen LogP contribution in [-0.2, 0) is 20.7 Å². The van der Waals surface area contributed by atoms with Gasteiger partial charge in [-0.25, -0.2) is 4.79 Å². The van der Waals surface area contributed by atoms with Crippen LogP contribution in [-0.4, -0.2) is 32.2 Å². The lowest BCUT2D eigenvalue weighted by molar-refractivity contribution is -0.145. The smallest absolute Gasteiger partial charge is 0.344 e. The predicted octanol–water partition coefficient (Wildman–Crippen LogP) is 3.75. The Bertz CT molecular complexity index is 959. The highest BCUT2D eigenvalue weighted by atomic mass is 16.6. The first kappa shape index (κ1) is 22.5. The molecule has 0 saturated heterocycles. The van der Waals surface area contributed by atoms with Crippen molar-refractivity contribution in [1.82, 2.24) is 0 Å². The van der Waals surface area contributed by atoms with Gasteiger partial charge in [0.1, 0.15) is 11.6 Å². The lowest BCUT2D eigenvalue weighted by atomic mass is 10.1. The SMILES string of the molecule is CCOC(=O)COc1ccc(/C=C(\C#N)C(=O)Nc2ccc(CC)cc2)cc1OC. The second-order valence-corrected chi connectivity index (χ2v) is 6.18. The number of nitriles is 1. The van der Waals surface area contributed by atoms with Gasteiger partial charge in [0.05, 0.1) is 13.7 Å². The minimum atomic E-state index is -0.511. The van der Waals surface area contributed by atoms with Crippen LogP contribution in [0.4, 0.5) is 5.69 Å². The molecule has 0 spiro atoms. The number of carbonyl (C=O) groups excluding carboxylic acids is 2. The zero-order chi connectivity index (χ0) is 21.9. The summed E-state index contributed by atoms with van der Waals surface area (Å²) in [5.41, 5.74) is 2.28. The summed E-state index contributed by atoms with van der Waals surface area (Å²) in [5.74, 6) is -0.287. The van der Waals surface area contributed by atoms with Crippen molar-refractivity contribution < 1.29 is 23.8 Å². The fourth-order valence-corrected chi connectivity index (χ4v) is 2.57. The predicted molar refractivity (Wildman–Crippen MR) is 113 cm³/mol. The zero-order valence-corrected chi connectivity index (χ0v) is 17.2. The van der Waals surface area contributed by atoms with E-state index < -0.39 is 11.9 Å². The molecule has 7 nitrogen and oxygen atoms in total. The number of nitrogens with zero attached hydrogens (tertiary/aromatic N) is 1. The van der Waals surface area contributed by atoms with E-state index in [2.05, 4.69) is 5.32 Å². The molecule has 0 saturated carbocycles. The van der Waals surface area contributed by atoms with E-state index in [1.54, 1.807) is 37.3 Å². The van der Waals surface area contributed by atoms with E-state index in [1.807, 2.05) is 25.1 Å². The Hall–Kier alpha value is -3.79. The van der Waals surface area contributed by atoms with Crippen LogP contribution in [0.3, 0.4) is 0 Å². The van der Waals surface area contributed by atoms with Crippen LogP contribution >= 0.6 is 0 Å². The number of benzene rings is 2. The fraction of sp³-hybridized carbons (Fsp3) is 0.261. The van der Waals surface area contributed by atoms with Crippen LogP contribution in [0.2, 0.25) is 0 Å². The number of hydrogen-bond acceptors (Lipinski definition) is 6. The molecule has 0 atom stereocenters. The van der Waals surface area contributed by atoms with Crippen molar-refractivity contribution in [2.45, 2.75) is 20.3 Å². The number of hydrogen-bond donors (Lipinski definition) is 1. The lowest BCUT2D eigenvalue weighted by Gasteiger charge is -2.11. The van der Waals surface area contributed by atoms with Crippen molar-refractivity contribution in [3.63, 3.8) is 0 Å². The van der Waals surface area contributed by atoms with Gasteiger partial charge in [-0.3, -0.25) is 4.79 Å². The average molecular weight is 408 g/mol. The molecule has 0 aliphatic carbocycles. The van der Waals surface area contributed by atoms with Crippen LogP contribution in [0.1, 0.15) is 25.0 Å².